The predicted molar refractivity (Wildman–Crippen MR) is 61.9 cm³/mol. The lowest BCUT2D eigenvalue weighted by atomic mass is 10.1. The standard InChI is InChI=1S/C12H24N2O/c1-3-11-5-4-9(2)14(11)8-10-6-12(15)7-13-10/h9-13,15H,3-8H2,1-2H3. The summed E-state index contributed by atoms with van der Waals surface area (Å²) in [6, 6.07) is 2.02. The SMILES string of the molecule is CCC1CCC(C)N1CC1CC(O)CN1. The molecule has 0 bridgehead atoms. The first-order chi connectivity index (χ1) is 7.20. The molecule has 0 aromatic carbocycles. The number of β-amino-alcohol motifs (C(OH)–C–C–N with tert-alkyl or cyclic N) is 1. The number of nitrogens with zero attached hydrogens (tertiary/aromatic N) is 1. The molecule has 0 saturated carbocycles. The highest BCUT2D eigenvalue weighted by Crippen LogP contribution is 2.26. The summed E-state index contributed by atoms with van der Waals surface area (Å²) in [6.07, 6.45) is 4.77. The molecule has 4 atom stereocenters. The molecular weight excluding hydrogens is 188 g/mol. The van der Waals surface area contributed by atoms with Crippen LogP contribution in [0.15, 0.2) is 0 Å². The molecule has 2 aliphatic heterocycles. The van der Waals surface area contributed by atoms with Crippen LogP contribution in [0.4, 0.5) is 0 Å². The Kier molecular flexibility index (Phi) is 3.65. The Morgan fingerprint density at radius 3 is 2.80 bits per heavy atom. The molecule has 2 saturated heterocycles. The molecular formula is C12H24N2O. The molecule has 15 heavy (non-hydrogen) atoms. The van der Waals surface area contributed by atoms with Gasteiger partial charge in [0.1, 0.15) is 0 Å². The molecule has 3 heteroatoms. The van der Waals surface area contributed by atoms with Gasteiger partial charge in [0.2, 0.25) is 0 Å². The van der Waals surface area contributed by atoms with E-state index in [1.165, 1.54) is 19.3 Å². The van der Waals surface area contributed by atoms with Gasteiger partial charge in [-0.15, -0.1) is 0 Å². The minimum atomic E-state index is -0.118. The average molecular weight is 212 g/mol. The van der Waals surface area contributed by atoms with E-state index in [4.69, 9.17) is 0 Å². The quantitative estimate of drug-likeness (QED) is 0.732. The molecule has 0 spiro atoms. The third-order valence-electron chi connectivity index (χ3n) is 4.05. The van der Waals surface area contributed by atoms with Gasteiger partial charge in [0, 0.05) is 31.2 Å². The summed E-state index contributed by atoms with van der Waals surface area (Å²) < 4.78 is 0. The zero-order valence-corrected chi connectivity index (χ0v) is 9.95. The molecule has 0 radical (unpaired) electrons. The maximum Gasteiger partial charge on any atom is 0.0680 e. The van der Waals surface area contributed by atoms with Crippen molar-refractivity contribution in [3.05, 3.63) is 0 Å². The third-order valence-corrected chi connectivity index (χ3v) is 4.05. The van der Waals surface area contributed by atoms with Crippen LogP contribution in [0, 0.1) is 0 Å². The van der Waals surface area contributed by atoms with Crippen LogP contribution in [0.2, 0.25) is 0 Å². The lowest BCUT2D eigenvalue weighted by Crippen LogP contribution is -2.43. The van der Waals surface area contributed by atoms with Crippen molar-refractivity contribution in [3.63, 3.8) is 0 Å². The summed E-state index contributed by atoms with van der Waals surface area (Å²) in [4.78, 5) is 2.63. The Bertz CT molecular complexity index is 210. The first-order valence-corrected chi connectivity index (χ1v) is 6.38. The van der Waals surface area contributed by atoms with Crippen LogP contribution in [0.1, 0.15) is 39.5 Å². The van der Waals surface area contributed by atoms with Crippen LogP contribution < -0.4 is 5.32 Å². The van der Waals surface area contributed by atoms with Crippen LogP contribution in [0.3, 0.4) is 0 Å². The van der Waals surface area contributed by atoms with Crippen LogP contribution in [-0.4, -0.2) is 47.3 Å². The van der Waals surface area contributed by atoms with E-state index in [9.17, 15) is 5.11 Å². The summed E-state index contributed by atoms with van der Waals surface area (Å²) in [5.41, 5.74) is 0. The van der Waals surface area contributed by atoms with E-state index in [0.717, 1.165) is 31.6 Å². The molecule has 0 aromatic heterocycles. The molecule has 0 aliphatic carbocycles. The second kappa shape index (κ2) is 4.81. The van der Waals surface area contributed by atoms with Crippen LogP contribution in [0.5, 0.6) is 0 Å². The Balaban J connectivity index is 1.86. The van der Waals surface area contributed by atoms with E-state index in [0.29, 0.717) is 6.04 Å². The topological polar surface area (TPSA) is 35.5 Å². The van der Waals surface area contributed by atoms with Gasteiger partial charge >= 0.3 is 0 Å². The molecule has 2 aliphatic rings. The zero-order valence-electron chi connectivity index (χ0n) is 9.95. The van der Waals surface area contributed by atoms with Gasteiger partial charge in [-0.25, -0.2) is 0 Å². The molecule has 3 nitrogen and oxygen atoms in total. The summed E-state index contributed by atoms with van der Waals surface area (Å²) >= 11 is 0. The van der Waals surface area contributed by atoms with Crippen molar-refractivity contribution in [1.82, 2.24) is 10.2 Å². The molecule has 2 rings (SSSR count). The smallest absolute Gasteiger partial charge is 0.0680 e. The maximum absolute atomic E-state index is 9.48. The molecule has 0 aromatic rings. The van der Waals surface area contributed by atoms with E-state index in [1.54, 1.807) is 0 Å². The Hall–Kier alpha value is -0.120. The maximum atomic E-state index is 9.48. The van der Waals surface area contributed by atoms with Crippen molar-refractivity contribution in [2.75, 3.05) is 13.1 Å². The Morgan fingerprint density at radius 2 is 2.20 bits per heavy atom. The van der Waals surface area contributed by atoms with Gasteiger partial charge in [-0.05, 0) is 32.6 Å². The molecule has 2 N–H and O–H groups in total. The van der Waals surface area contributed by atoms with Crippen molar-refractivity contribution < 1.29 is 5.11 Å². The summed E-state index contributed by atoms with van der Waals surface area (Å²) in [5, 5.41) is 12.9. The van der Waals surface area contributed by atoms with E-state index >= 15 is 0 Å². The highest BCUT2D eigenvalue weighted by Gasteiger charge is 2.32. The zero-order chi connectivity index (χ0) is 10.8. The second-order valence-corrected chi connectivity index (χ2v) is 5.18. The van der Waals surface area contributed by atoms with Crippen LogP contribution in [-0.2, 0) is 0 Å². The summed E-state index contributed by atoms with van der Waals surface area (Å²) in [5.74, 6) is 0. The number of likely N-dealkylation sites (tertiary alicyclic amines) is 1. The normalized spacial score (nSPS) is 42.6. The highest BCUT2D eigenvalue weighted by atomic mass is 16.3. The fourth-order valence-corrected chi connectivity index (χ4v) is 3.08. The lowest BCUT2D eigenvalue weighted by Gasteiger charge is -2.30. The number of hydrogen-bond donors (Lipinski definition) is 2. The van der Waals surface area contributed by atoms with Gasteiger partial charge in [0.25, 0.3) is 0 Å². The largest absolute Gasteiger partial charge is 0.392 e. The fraction of sp³-hybridized carbons (Fsp3) is 1.00. The van der Waals surface area contributed by atoms with Gasteiger partial charge in [0.05, 0.1) is 6.10 Å². The first-order valence-electron chi connectivity index (χ1n) is 6.38. The molecule has 2 fully saturated rings. The Labute approximate surface area is 92.8 Å². The van der Waals surface area contributed by atoms with E-state index in [-0.39, 0.29) is 6.10 Å². The van der Waals surface area contributed by atoms with E-state index in [2.05, 4.69) is 24.1 Å². The summed E-state index contributed by atoms with van der Waals surface area (Å²) in [6.45, 7) is 6.52. The monoisotopic (exact) mass is 212 g/mol. The molecule has 4 unspecified atom stereocenters. The number of nitrogens with one attached hydrogen (secondary N) is 1. The van der Waals surface area contributed by atoms with Crippen LogP contribution >= 0.6 is 0 Å². The van der Waals surface area contributed by atoms with E-state index < -0.39 is 0 Å². The average Bonchev–Trinajstić information content (AvgIpc) is 2.76. The number of rotatable bonds is 3. The van der Waals surface area contributed by atoms with Gasteiger partial charge in [-0.3, -0.25) is 4.90 Å². The number of aliphatic hydroxyl groups excluding tert-OH is 1. The molecule has 2 heterocycles. The first kappa shape index (κ1) is 11.4. The van der Waals surface area contributed by atoms with Gasteiger partial charge in [-0.1, -0.05) is 6.92 Å². The van der Waals surface area contributed by atoms with Crippen molar-refractivity contribution in [2.24, 2.45) is 0 Å². The Morgan fingerprint density at radius 1 is 1.40 bits per heavy atom. The van der Waals surface area contributed by atoms with Crippen molar-refractivity contribution in [1.29, 1.82) is 0 Å². The van der Waals surface area contributed by atoms with Crippen molar-refractivity contribution in [3.8, 4) is 0 Å². The fourth-order valence-electron chi connectivity index (χ4n) is 3.08. The number of hydrogen-bond acceptors (Lipinski definition) is 3. The predicted octanol–water partition coefficient (Wildman–Crippen LogP) is 0.972. The van der Waals surface area contributed by atoms with Gasteiger partial charge < -0.3 is 10.4 Å². The minimum absolute atomic E-state index is 0.118. The molecule has 0 amide bonds. The van der Waals surface area contributed by atoms with Crippen molar-refractivity contribution >= 4 is 0 Å². The highest BCUT2D eigenvalue weighted by molar-refractivity contribution is 4.90. The van der Waals surface area contributed by atoms with Crippen LogP contribution in [0.25, 0.3) is 0 Å². The minimum Gasteiger partial charge on any atom is -0.392 e. The van der Waals surface area contributed by atoms with E-state index in [1.807, 2.05) is 0 Å². The van der Waals surface area contributed by atoms with Gasteiger partial charge in [0.15, 0.2) is 0 Å². The van der Waals surface area contributed by atoms with Gasteiger partial charge in [-0.2, -0.15) is 0 Å². The summed E-state index contributed by atoms with van der Waals surface area (Å²) in [7, 11) is 0. The second-order valence-electron chi connectivity index (χ2n) is 5.18. The van der Waals surface area contributed by atoms with Crippen molar-refractivity contribution in [2.45, 2.75) is 63.8 Å². The molecule has 88 valence electrons. The third kappa shape index (κ3) is 2.52. The lowest BCUT2D eigenvalue weighted by molar-refractivity contribution is 0.166. The number of aliphatic hydroxyl groups is 1.